The molecule has 1 atom stereocenters. The number of amidine groups is 1. The van der Waals surface area contributed by atoms with Gasteiger partial charge in [0.1, 0.15) is 5.84 Å². The van der Waals surface area contributed by atoms with Crippen LogP contribution < -0.4 is 10.6 Å². The molecule has 1 aromatic rings. The fraction of sp³-hybridized carbons (Fsp3) is 0.200. The van der Waals surface area contributed by atoms with Crippen molar-refractivity contribution < 1.29 is 9.00 Å². The smallest absolute Gasteiger partial charge is 0.207 e. The first-order valence-corrected chi connectivity index (χ1v) is 5.94. The predicted molar refractivity (Wildman–Crippen MR) is 61.5 cm³/mol. The maximum Gasteiger partial charge on any atom is 0.207 e. The van der Waals surface area contributed by atoms with Gasteiger partial charge in [0.25, 0.3) is 0 Å². The van der Waals surface area contributed by atoms with Gasteiger partial charge in [-0.1, -0.05) is 12.1 Å². The Morgan fingerprint density at radius 1 is 1.31 bits per heavy atom. The third kappa shape index (κ3) is 2.11. The van der Waals surface area contributed by atoms with Gasteiger partial charge in [-0.05, 0) is 12.1 Å². The fourth-order valence-corrected chi connectivity index (χ4v) is 2.41. The molecule has 1 aliphatic rings. The molecule has 2 N–H and O–H groups in total. The van der Waals surface area contributed by atoms with Gasteiger partial charge in [-0.2, -0.15) is 4.40 Å². The summed E-state index contributed by atoms with van der Waals surface area (Å²) in [6.45, 7) is 1.07. The predicted octanol–water partition coefficient (Wildman–Crippen LogP) is -0.195. The van der Waals surface area contributed by atoms with Crippen LogP contribution in [-0.4, -0.2) is 29.5 Å². The van der Waals surface area contributed by atoms with Gasteiger partial charge >= 0.3 is 0 Å². The monoisotopic (exact) mass is 237 g/mol. The van der Waals surface area contributed by atoms with Crippen molar-refractivity contribution in [1.82, 2.24) is 10.6 Å². The van der Waals surface area contributed by atoms with Crippen molar-refractivity contribution in [2.75, 3.05) is 13.1 Å². The average molecular weight is 237 g/mol. The Labute approximate surface area is 95.6 Å². The van der Waals surface area contributed by atoms with E-state index in [1.54, 1.807) is 6.07 Å². The van der Waals surface area contributed by atoms with Crippen LogP contribution in [0.25, 0.3) is 0 Å². The summed E-state index contributed by atoms with van der Waals surface area (Å²) in [5.41, 5.74) is 0.868. The number of amides is 1. The summed E-state index contributed by atoms with van der Waals surface area (Å²) in [4.78, 5) is 10.8. The van der Waals surface area contributed by atoms with Crippen molar-refractivity contribution in [3.05, 3.63) is 29.8 Å². The van der Waals surface area contributed by atoms with Crippen LogP contribution in [0.1, 0.15) is 5.56 Å². The quantitative estimate of drug-likeness (QED) is 0.563. The maximum absolute atomic E-state index is 11.6. The molecule has 5 nitrogen and oxygen atoms in total. The molecule has 0 bridgehead atoms. The topological polar surface area (TPSA) is 70.6 Å². The molecule has 6 heteroatoms. The number of carbonyl (C=O) groups is 1. The highest BCUT2D eigenvalue weighted by Crippen LogP contribution is 2.21. The number of benzene rings is 1. The summed E-state index contributed by atoms with van der Waals surface area (Å²) < 4.78 is 15.6. The Balaban J connectivity index is 2.04. The number of nitrogens with one attached hydrogen (secondary N) is 2. The van der Waals surface area contributed by atoms with Gasteiger partial charge in [0.2, 0.25) is 6.41 Å². The number of hydrogen-bond acceptors (Lipinski definition) is 3. The van der Waals surface area contributed by atoms with Crippen LogP contribution in [0.15, 0.2) is 33.6 Å². The van der Waals surface area contributed by atoms with E-state index in [1.807, 2.05) is 18.2 Å². The van der Waals surface area contributed by atoms with Crippen molar-refractivity contribution in [2.45, 2.75) is 4.90 Å². The second kappa shape index (κ2) is 4.89. The van der Waals surface area contributed by atoms with E-state index in [4.69, 9.17) is 0 Å². The first kappa shape index (κ1) is 10.8. The van der Waals surface area contributed by atoms with Crippen LogP contribution in [0.4, 0.5) is 0 Å². The summed E-state index contributed by atoms with van der Waals surface area (Å²) in [6, 6.07) is 7.39. The summed E-state index contributed by atoms with van der Waals surface area (Å²) in [5.74, 6) is 0.627. The minimum atomic E-state index is -1.30. The van der Waals surface area contributed by atoms with E-state index in [0.717, 1.165) is 10.5 Å². The van der Waals surface area contributed by atoms with Gasteiger partial charge in [0.15, 0.2) is 11.0 Å². The minimum absolute atomic E-state index is 0.511. The van der Waals surface area contributed by atoms with E-state index in [9.17, 15) is 9.00 Å². The van der Waals surface area contributed by atoms with Gasteiger partial charge in [0.05, 0.1) is 4.90 Å². The molecule has 1 aromatic carbocycles. The molecule has 0 radical (unpaired) electrons. The average Bonchev–Trinajstić information content (AvgIpc) is 2.63. The van der Waals surface area contributed by atoms with Crippen LogP contribution in [0.5, 0.6) is 0 Å². The maximum atomic E-state index is 11.6. The minimum Gasteiger partial charge on any atom is -0.367 e. The third-order valence-electron chi connectivity index (χ3n) is 2.15. The molecule has 1 unspecified atom stereocenters. The number of fused-ring (bicyclic) bond motifs is 1. The van der Waals surface area contributed by atoms with E-state index >= 15 is 0 Å². The second-order valence-corrected chi connectivity index (χ2v) is 4.30. The van der Waals surface area contributed by atoms with Crippen LogP contribution in [0.2, 0.25) is 0 Å². The van der Waals surface area contributed by atoms with E-state index in [1.165, 1.54) is 0 Å². The van der Waals surface area contributed by atoms with E-state index < -0.39 is 11.0 Å². The first-order chi connectivity index (χ1) is 7.83. The lowest BCUT2D eigenvalue weighted by Crippen LogP contribution is -2.31. The van der Waals surface area contributed by atoms with Gasteiger partial charge < -0.3 is 10.6 Å². The van der Waals surface area contributed by atoms with Crippen LogP contribution in [-0.2, 0) is 15.8 Å². The molecule has 0 aliphatic carbocycles. The molecule has 0 aromatic heterocycles. The molecule has 0 saturated carbocycles. The van der Waals surface area contributed by atoms with Gasteiger partial charge in [-0.15, -0.1) is 0 Å². The molecule has 0 spiro atoms. The number of nitrogens with zero attached hydrogens (tertiary/aromatic N) is 1. The van der Waals surface area contributed by atoms with Crippen molar-refractivity contribution >= 4 is 23.2 Å². The summed E-state index contributed by atoms with van der Waals surface area (Å²) in [6.07, 6.45) is 0.643. The van der Waals surface area contributed by atoms with Crippen LogP contribution >= 0.6 is 0 Å². The molecule has 1 aliphatic heterocycles. The van der Waals surface area contributed by atoms with Crippen molar-refractivity contribution in [1.29, 1.82) is 0 Å². The van der Waals surface area contributed by atoms with Crippen LogP contribution in [0, 0.1) is 0 Å². The van der Waals surface area contributed by atoms with E-state index in [2.05, 4.69) is 15.0 Å². The Hall–Kier alpha value is -1.69. The van der Waals surface area contributed by atoms with Gasteiger partial charge in [-0.25, -0.2) is 4.21 Å². The Morgan fingerprint density at radius 3 is 2.94 bits per heavy atom. The van der Waals surface area contributed by atoms with E-state index in [-0.39, 0.29) is 0 Å². The molecular formula is C10H11N3O2S. The Morgan fingerprint density at radius 2 is 2.12 bits per heavy atom. The summed E-state index contributed by atoms with van der Waals surface area (Å²) in [7, 11) is -1.30. The third-order valence-corrected chi connectivity index (χ3v) is 3.23. The molecular weight excluding hydrogens is 226 g/mol. The molecule has 84 valence electrons. The van der Waals surface area contributed by atoms with Crippen molar-refractivity contribution in [2.24, 2.45) is 4.40 Å². The highest BCUT2D eigenvalue weighted by molar-refractivity contribution is 7.84. The highest BCUT2D eigenvalue weighted by atomic mass is 32.2. The highest BCUT2D eigenvalue weighted by Gasteiger charge is 2.20. The molecule has 1 heterocycles. The standard InChI is InChI=1S/C10H11N3O2S/c14-7-11-5-6-12-10-8-3-1-2-4-9(8)16(15)13-10/h1-4,7H,5-6H2,(H,11,14)(H,12,13). The SMILES string of the molecule is O=CNCCNC1=NS(=O)c2ccccc21. The molecule has 2 rings (SSSR count). The van der Waals surface area contributed by atoms with E-state index in [0.29, 0.717) is 25.3 Å². The Kier molecular flexibility index (Phi) is 3.31. The number of rotatable bonds is 4. The lowest BCUT2D eigenvalue weighted by Gasteiger charge is -2.05. The second-order valence-electron chi connectivity index (χ2n) is 3.18. The molecule has 1 amide bonds. The van der Waals surface area contributed by atoms with Gasteiger partial charge in [0, 0.05) is 18.7 Å². The summed E-state index contributed by atoms with van der Waals surface area (Å²) >= 11 is 0. The lowest BCUT2D eigenvalue weighted by molar-refractivity contribution is -0.109. The van der Waals surface area contributed by atoms with Gasteiger partial charge in [-0.3, -0.25) is 4.79 Å². The van der Waals surface area contributed by atoms with Crippen LogP contribution in [0.3, 0.4) is 0 Å². The summed E-state index contributed by atoms with van der Waals surface area (Å²) in [5, 5.41) is 5.57. The lowest BCUT2D eigenvalue weighted by atomic mass is 10.2. The Bertz CT molecular complexity index is 459. The zero-order valence-electron chi connectivity index (χ0n) is 8.47. The normalized spacial score (nSPS) is 17.5. The first-order valence-electron chi connectivity index (χ1n) is 4.84. The molecule has 0 fully saturated rings. The van der Waals surface area contributed by atoms with Crippen molar-refractivity contribution in [3.8, 4) is 0 Å². The van der Waals surface area contributed by atoms with Crippen molar-refractivity contribution in [3.63, 3.8) is 0 Å². The molecule has 0 saturated heterocycles. The number of carbonyl (C=O) groups excluding carboxylic acids is 1. The molecule has 16 heavy (non-hydrogen) atoms. The number of hydrogen-bond donors (Lipinski definition) is 2. The zero-order chi connectivity index (χ0) is 11.4. The zero-order valence-corrected chi connectivity index (χ0v) is 9.29. The fourth-order valence-electron chi connectivity index (χ4n) is 1.44. The largest absolute Gasteiger partial charge is 0.367 e.